The lowest BCUT2D eigenvalue weighted by atomic mass is 10.3. The minimum atomic E-state index is 0.431. The zero-order chi connectivity index (χ0) is 5.28. The van der Waals surface area contributed by atoms with Crippen molar-refractivity contribution in [2.45, 2.75) is 13.0 Å². The molecule has 39 valence electrons. The van der Waals surface area contributed by atoms with Crippen molar-refractivity contribution in [2.75, 3.05) is 7.05 Å². The van der Waals surface area contributed by atoms with Crippen LogP contribution in [0.15, 0.2) is 6.20 Å². The molecule has 2 heteroatoms. The molecule has 0 bridgehead atoms. The number of nitrogens with zero attached hydrogens (tertiary/aromatic N) is 1. The number of hydrogen-bond acceptors (Lipinski definition) is 2. The molecule has 0 aliphatic carbocycles. The second kappa shape index (κ2) is 1.54. The van der Waals surface area contributed by atoms with E-state index in [1.54, 1.807) is 0 Å². The molecule has 0 aromatic heterocycles. The van der Waals surface area contributed by atoms with Crippen molar-refractivity contribution in [1.29, 1.82) is 0 Å². The maximum absolute atomic E-state index is 3.06. The number of likely N-dealkylation sites (N-methyl/N-ethyl adjacent to an activating group) is 1. The Morgan fingerprint density at radius 2 is 2.57 bits per heavy atom. The molecule has 0 saturated carbocycles. The van der Waals surface area contributed by atoms with Crippen LogP contribution in [0.1, 0.15) is 6.92 Å². The highest BCUT2D eigenvalue weighted by Crippen LogP contribution is 1.96. The third-order valence-corrected chi connectivity index (χ3v) is 1.17. The summed E-state index contributed by atoms with van der Waals surface area (Å²) in [5.74, 6) is 0. The highest BCUT2D eigenvalue weighted by Gasteiger charge is 2.07. The highest BCUT2D eigenvalue weighted by molar-refractivity contribution is 4.86. The fourth-order valence-electron chi connectivity index (χ4n) is 0.483. The summed E-state index contributed by atoms with van der Waals surface area (Å²) in [6, 6.07) is 0.431. The Kier molecular flexibility index (Phi) is 1.02. The molecule has 0 spiro atoms. The van der Waals surface area contributed by atoms with Gasteiger partial charge in [-0.2, -0.15) is 0 Å². The summed E-state index contributed by atoms with van der Waals surface area (Å²) < 4.78 is 0. The summed E-state index contributed by atoms with van der Waals surface area (Å²) in [6.07, 6.45) is 4.88. The van der Waals surface area contributed by atoms with Crippen LogP contribution in [-0.4, -0.2) is 18.1 Å². The maximum atomic E-state index is 3.06. The van der Waals surface area contributed by atoms with Gasteiger partial charge in [0.2, 0.25) is 0 Å². The molecule has 1 unspecified atom stereocenters. The van der Waals surface area contributed by atoms with Gasteiger partial charge in [-0.1, -0.05) is 0 Å². The minimum absolute atomic E-state index is 0.431. The van der Waals surface area contributed by atoms with Crippen molar-refractivity contribution in [3.05, 3.63) is 12.3 Å². The van der Waals surface area contributed by atoms with E-state index in [-0.39, 0.29) is 0 Å². The molecule has 2 nitrogen and oxygen atoms in total. The average molecular weight is 97.1 g/mol. The highest BCUT2D eigenvalue weighted by atomic mass is 15.5. The second-order valence-corrected chi connectivity index (χ2v) is 1.73. The summed E-state index contributed by atoms with van der Waals surface area (Å²) in [7, 11) is 1.99. The van der Waals surface area contributed by atoms with Gasteiger partial charge in [-0.3, -0.25) is 0 Å². The van der Waals surface area contributed by atoms with E-state index >= 15 is 0 Å². The van der Waals surface area contributed by atoms with Gasteiger partial charge < -0.3 is 5.43 Å². The summed E-state index contributed by atoms with van der Waals surface area (Å²) in [4.78, 5) is 0. The Bertz CT molecular complexity index is 88.1. The molecular weight excluding hydrogens is 88.1 g/mol. The standard InChI is InChI=1S/C5H9N2/c1-5-3-4-6-7(5)2/h4-6H,1-2H3. The normalized spacial score (nSPS) is 30.9. The van der Waals surface area contributed by atoms with Gasteiger partial charge in [-0.25, -0.2) is 5.01 Å². The van der Waals surface area contributed by atoms with Crippen molar-refractivity contribution < 1.29 is 0 Å². The SMILES string of the molecule is CC1[C]=CNN1C. The van der Waals surface area contributed by atoms with Gasteiger partial charge in [0.05, 0.1) is 6.04 Å². The molecule has 0 fully saturated rings. The third kappa shape index (κ3) is 0.747. The Labute approximate surface area is 43.8 Å². The molecule has 1 aliphatic rings. The molecule has 1 N–H and O–H groups in total. The molecule has 1 rings (SSSR count). The molecule has 1 atom stereocenters. The lowest BCUT2D eigenvalue weighted by Gasteiger charge is -2.12. The van der Waals surface area contributed by atoms with Crippen molar-refractivity contribution in [2.24, 2.45) is 0 Å². The Hall–Kier alpha value is -0.500. The largest absolute Gasteiger partial charge is 0.325 e. The third-order valence-electron chi connectivity index (χ3n) is 1.17. The second-order valence-electron chi connectivity index (χ2n) is 1.73. The predicted octanol–water partition coefficient (Wildman–Crippen LogP) is 0.142. The molecule has 1 aliphatic heterocycles. The zero-order valence-corrected chi connectivity index (χ0v) is 4.60. The lowest BCUT2D eigenvalue weighted by molar-refractivity contribution is 0.264. The molecule has 0 aromatic carbocycles. The van der Waals surface area contributed by atoms with Crippen LogP contribution in [0.3, 0.4) is 0 Å². The van der Waals surface area contributed by atoms with Gasteiger partial charge in [0.1, 0.15) is 0 Å². The summed E-state index contributed by atoms with van der Waals surface area (Å²) in [6.45, 7) is 2.08. The monoisotopic (exact) mass is 97.1 g/mol. The first-order valence-corrected chi connectivity index (χ1v) is 2.37. The molecular formula is C5H9N2. The molecule has 1 radical (unpaired) electrons. The van der Waals surface area contributed by atoms with E-state index in [1.165, 1.54) is 0 Å². The van der Waals surface area contributed by atoms with Crippen LogP contribution in [0.2, 0.25) is 0 Å². The molecule has 0 aromatic rings. The molecule has 0 saturated heterocycles. The van der Waals surface area contributed by atoms with Crippen LogP contribution in [0, 0.1) is 6.08 Å². The van der Waals surface area contributed by atoms with Gasteiger partial charge in [-0.05, 0) is 13.0 Å². The van der Waals surface area contributed by atoms with E-state index in [0.717, 1.165) is 0 Å². The van der Waals surface area contributed by atoms with Gasteiger partial charge in [0, 0.05) is 13.2 Å². The Morgan fingerprint density at radius 1 is 1.86 bits per heavy atom. The van der Waals surface area contributed by atoms with Gasteiger partial charge in [-0.15, -0.1) is 0 Å². The first-order valence-electron chi connectivity index (χ1n) is 2.37. The fourth-order valence-corrected chi connectivity index (χ4v) is 0.483. The van der Waals surface area contributed by atoms with Gasteiger partial charge >= 0.3 is 0 Å². The quantitative estimate of drug-likeness (QED) is 0.462. The van der Waals surface area contributed by atoms with Crippen LogP contribution in [-0.2, 0) is 0 Å². The summed E-state index contributed by atoms with van der Waals surface area (Å²) >= 11 is 0. The molecule has 0 amide bonds. The van der Waals surface area contributed by atoms with Gasteiger partial charge in [0.15, 0.2) is 0 Å². The van der Waals surface area contributed by atoms with Crippen LogP contribution < -0.4 is 5.43 Å². The fraction of sp³-hybridized carbons (Fsp3) is 0.600. The van der Waals surface area contributed by atoms with Crippen molar-refractivity contribution in [1.82, 2.24) is 10.4 Å². The Morgan fingerprint density at radius 3 is 2.71 bits per heavy atom. The van der Waals surface area contributed by atoms with Crippen molar-refractivity contribution in [3.63, 3.8) is 0 Å². The number of hydrazine groups is 1. The first-order chi connectivity index (χ1) is 3.30. The Balaban J connectivity index is 2.45. The summed E-state index contributed by atoms with van der Waals surface area (Å²) in [5, 5.41) is 1.99. The van der Waals surface area contributed by atoms with Crippen LogP contribution in [0.4, 0.5) is 0 Å². The topological polar surface area (TPSA) is 15.3 Å². The smallest absolute Gasteiger partial charge is 0.0527 e. The summed E-state index contributed by atoms with van der Waals surface area (Å²) in [5.41, 5.74) is 2.97. The van der Waals surface area contributed by atoms with E-state index in [9.17, 15) is 0 Å². The molecule has 7 heavy (non-hydrogen) atoms. The van der Waals surface area contributed by atoms with Crippen molar-refractivity contribution >= 4 is 0 Å². The number of nitrogens with one attached hydrogen (secondary N) is 1. The zero-order valence-electron chi connectivity index (χ0n) is 4.60. The molecule has 1 heterocycles. The lowest BCUT2D eigenvalue weighted by Crippen LogP contribution is -2.30. The van der Waals surface area contributed by atoms with Crippen molar-refractivity contribution in [3.8, 4) is 0 Å². The van der Waals surface area contributed by atoms with Crippen LogP contribution in [0.5, 0.6) is 0 Å². The maximum Gasteiger partial charge on any atom is 0.0527 e. The first kappa shape index (κ1) is 4.65. The number of hydrogen-bond donors (Lipinski definition) is 1. The van der Waals surface area contributed by atoms with Gasteiger partial charge in [0.25, 0.3) is 0 Å². The minimum Gasteiger partial charge on any atom is -0.325 e. The van der Waals surface area contributed by atoms with E-state index in [1.807, 2.05) is 18.3 Å². The number of rotatable bonds is 0. The van der Waals surface area contributed by atoms with E-state index in [2.05, 4.69) is 18.4 Å². The van der Waals surface area contributed by atoms with Crippen LogP contribution >= 0.6 is 0 Å². The van der Waals surface area contributed by atoms with E-state index in [0.29, 0.717) is 6.04 Å². The van der Waals surface area contributed by atoms with E-state index < -0.39 is 0 Å². The van der Waals surface area contributed by atoms with Crippen LogP contribution in [0.25, 0.3) is 0 Å². The van der Waals surface area contributed by atoms with E-state index in [4.69, 9.17) is 0 Å². The predicted molar refractivity (Wildman–Crippen MR) is 28.2 cm³/mol. The average Bonchev–Trinajstić information content (AvgIpc) is 1.91.